The zero-order chi connectivity index (χ0) is 26.9. The lowest BCUT2D eigenvalue weighted by Gasteiger charge is -2.32. The van der Waals surface area contributed by atoms with E-state index in [9.17, 15) is 18.0 Å². The lowest BCUT2D eigenvalue weighted by molar-refractivity contribution is -0.137. The Morgan fingerprint density at radius 1 is 0.974 bits per heavy atom. The minimum Gasteiger partial charge on any atom is -0.326 e. The summed E-state index contributed by atoms with van der Waals surface area (Å²) < 4.78 is 41.6. The molecule has 0 saturated carbocycles. The number of carbonyl (C=O) groups is 1. The predicted octanol–water partition coefficient (Wildman–Crippen LogP) is 7.62. The Kier molecular flexibility index (Phi) is 7.30. The number of nitrogens with zero attached hydrogens (tertiary/aromatic N) is 2. The van der Waals surface area contributed by atoms with E-state index in [1.54, 1.807) is 6.07 Å². The number of rotatable bonds is 6. The molecule has 1 aromatic heterocycles. The Bertz CT molecular complexity index is 1430. The molecule has 3 aromatic carbocycles. The molecule has 0 radical (unpaired) electrons. The van der Waals surface area contributed by atoms with Gasteiger partial charge in [0.15, 0.2) is 0 Å². The highest BCUT2D eigenvalue weighted by Gasteiger charge is 2.30. The van der Waals surface area contributed by atoms with Crippen molar-refractivity contribution in [3.8, 4) is 5.69 Å². The van der Waals surface area contributed by atoms with Gasteiger partial charge in [-0.1, -0.05) is 44.2 Å². The molecule has 38 heavy (non-hydrogen) atoms. The van der Waals surface area contributed by atoms with Gasteiger partial charge in [0, 0.05) is 35.4 Å². The normalized spacial score (nSPS) is 15.3. The third kappa shape index (κ3) is 5.63. The van der Waals surface area contributed by atoms with Crippen LogP contribution in [0.25, 0.3) is 16.6 Å². The largest absolute Gasteiger partial charge is 0.416 e. The van der Waals surface area contributed by atoms with Gasteiger partial charge >= 0.3 is 6.18 Å². The number of aromatic nitrogens is 1. The summed E-state index contributed by atoms with van der Waals surface area (Å²) in [6.07, 6.45) is -0.466. The highest BCUT2D eigenvalue weighted by Crippen LogP contribution is 2.33. The summed E-state index contributed by atoms with van der Waals surface area (Å²) in [4.78, 5) is 14.5. The van der Waals surface area contributed by atoms with E-state index in [0.29, 0.717) is 11.6 Å². The van der Waals surface area contributed by atoms with Crippen molar-refractivity contribution in [2.45, 2.75) is 45.3 Å². The first-order valence-corrected chi connectivity index (χ1v) is 13.1. The number of nitrogens with one attached hydrogen (secondary N) is 1. The second kappa shape index (κ2) is 10.7. The summed E-state index contributed by atoms with van der Waals surface area (Å²) in [5, 5.41) is 4.05. The van der Waals surface area contributed by atoms with Crippen LogP contribution in [0.1, 0.15) is 49.3 Å². The fourth-order valence-electron chi connectivity index (χ4n) is 5.25. The second-order valence-corrected chi connectivity index (χ2v) is 10.4. The molecule has 5 rings (SSSR count). The molecular weight excluding hydrogens is 487 g/mol. The molecule has 1 N–H and O–H groups in total. The lowest BCUT2D eigenvalue weighted by Crippen LogP contribution is -2.32. The number of piperidine rings is 1. The van der Waals surface area contributed by atoms with Crippen LogP contribution in [0, 0.1) is 5.92 Å². The Balaban J connectivity index is 1.27. The summed E-state index contributed by atoms with van der Waals surface area (Å²) in [6.45, 7) is 6.47. The van der Waals surface area contributed by atoms with Crippen LogP contribution in [-0.2, 0) is 17.5 Å². The lowest BCUT2D eigenvalue weighted by atomic mass is 9.89. The number of likely N-dealkylation sites (tertiary alicyclic amines) is 1. The minimum atomic E-state index is -4.38. The highest BCUT2D eigenvalue weighted by atomic mass is 19.4. The number of anilines is 1. The first-order chi connectivity index (χ1) is 18.2. The van der Waals surface area contributed by atoms with Gasteiger partial charge < -0.3 is 9.88 Å². The zero-order valence-corrected chi connectivity index (χ0v) is 21.6. The number of hydrogen-bond donors (Lipinski definition) is 1. The van der Waals surface area contributed by atoms with Crippen LogP contribution in [0.4, 0.5) is 18.9 Å². The average molecular weight is 520 g/mol. The number of amides is 1. The van der Waals surface area contributed by atoms with E-state index in [4.69, 9.17) is 0 Å². The number of benzene rings is 3. The van der Waals surface area contributed by atoms with Crippen LogP contribution in [0.2, 0.25) is 0 Å². The maximum absolute atomic E-state index is 13.3. The molecule has 0 bridgehead atoms. The van der Waals surface area contributed by atoms with Crippen LogP contribution in [0.15, 0.2) is 79.0 Å². The molecule has 1 saturated heterocycles. The number of hydrogen-bond acceptors (Lipinski definition) is 2. The van der Waals surface area contributed by atoms with Crippen LogP contribution >= 0.6 is 0 Å². The number of halogens is 3. The number of fused-ring (bicyclic) bond motifs is 1. The van der Waals surface area contributed by atoms with Gasteiger partial charge in [0.2, 0.25) is 5.91 Å². The zero-order valence-electron chi connectivity index (χ0n) is 21.6. The van der Waals surface area contributed by atoms with Crippen LogP contribution in [0.5, 0.6) is 0 Å². The van der Waals surface area contributed by atoms with Gasteiger partial charge in [-0.3, -0.25) is 9.69 Å². The second-order valence-electron chi connectivity index (χ2n) is 10.4. The molecule has 2 heterocycles. The van der Waals surface area contributed by atoms with Crippen molar-refractivity contribution in [3.63, 3.8) is 0 Å². The molecule has 0 unspecified atom stereocenters. The van der Waals surface area contributed by atoms with E-state index in [1.165, 1.54) is 23.3 Å². The molecule has 198 valence electrons. The van der Waals surface area contributed by atoms with Crippen molar-refractivity contribution in [1.82, 2.24) is 9.47 Å². The van der Waals surface area contributed by atoms with Crippen molar-refractivity contribution in [3.05, 3.63) is 95.7 Å². The van der Waals surface area contributed by atoms with Crippen LogP contribution < -0.4 is 5.32 Å². The summed E-state index contributed by atoms with van der Waals surface area (Å²) in [6, 6.07) is 21.7. The van der Waals surface area contributed by atoms with Gasteiger partial charge in [0.25, 0.3) is 0 Å². The minimum absolute atomic E-state index is 0.0213. The van der Waals surface area contributed by atoms with Gasteiger partial charge in [-0.05, 0) is 85.4 Å². The average Bonchev–Trinajstić information content (AvgIpc) is 3.34. The van der Waals surface area contributed by atoms with Crippen molar-refractivity contribution in [1.29, 1.82) is 0 Å². The molecule has 0 spiro atoms. The molecular formula is C31H32F3N3O. The third-order valence-corrected chi connectivity index (χ3v) is 7.41. The van der Waals surface area contributed by atoms with Gasteiger partial charge in [0.05, 0.1) is 11.1 Å². The van der Waals surface area contributed by atoms with E-state index in [-0.39, 0.29) is 11.8 Å². The molecule has 1 fully saturated rings. The molecule has 4 aromatic rings. The van der Waals surface area contributed by atoms with Crippen molar-refractivity contribution in [2.24, 2.45) is 5.92 Å². The topological polar surface area (TPSA) is 37.3 Å². The molecule has 0 atom stereocenters. The Morgan fingerprint density at radius 2 is 1.71 bits per heavy atom. The predicted molar refractivity (Wildman–Crippen MR) is 145 cm³/mol. The maximum atomic E-state index is 13.3. The molecule has 4 nitrogen and oxygen atoms in total. The third-order valence-electron chi connectivity index (χ3n) is 7.41. The Hall–Kier alpha value is -3.58. The summed E-state index contributed by atoms with van der Waals surface area (Å²) in [5.41, 5.74) is 4.03. The van der Waals surface area contributed by atoms with Gasteiger partial charge in [-0.25, -0.2) is 0 Å². The first kappa shape index (κ1) is 26.0. The molecule has 1 aliphatic rings. The molecule has 1 amide bonds. The van der Waals surface area contributed by atoms with Crippen LogP contribution in [0.3, 0.4) is 0 Å². The summed E-state index contributed by atoms with van der Waals surface area (Å²) >= 11 is 0. The summed E-state index contributed by atoms with van der Waals surface area (Å²) in [5.74, 6) is 0.404. The molecule has 7 heteroatoms. The van der Waals surface area contributed by atoms with E-state index in [2.05, 4.69) is 28.4 Å². The summed E-state index contributed by atoms with van der Waals surface area (Å²) in [7, 11) is 0. The fraction of sp³-hybridized carbons (Fsp3) is 0.323. The number of alkyl halides is 3. The number of carbonyl (C=O) groups excluding carboxylic acids is 1. The Labute approximate surface area is 221 Å². The molecule has 1 aliphatic heterocycles. The monoisotopic (exact) mass is 519 g/mol. The first-order valence-electron chi connectivity index (χ1n) is 13.1. The van der Waals surface area contributed by atoms with Crippen molar-refractivity contribution >= 4 is 22.5 Å². The smallest absolute Gasteiger partial charge is 0.326 e. The fourth-order valence-corrected chi connectivity index (χ4v) is 5.25. The Morgan fingerprint density at radius 3 is 2.45 bits per heavy atom. The van der Waals surface area contributed by atoms with Crippen molar-refractivity contribution < 1.29 is 18.0 Å². The highest BCUT2D eigenvalue weighted by molar-refractivity contribution is 5.92. The van der Waals surface area contributed by atoms with Gasteiger partial charge in [0.1, 0.15) is 0 Å². The SMILES string of the molecule is CC(C)C(=O)Nc1cccc(C2CCN(Cc3cccc4c3ccn4-c3cccc(C(F)(F)F)c3)CC2)c1. The van der Waals surface area contributed by atoms with Gasteiger partial charge in [-0.2, -0.15) is 13.2 Å². The van der Waals surface area contributed by atoms with E-state index >= 15 is 0 Å². The van der Waals surface area contributed by atoms with E-state index in [0.717, 1.165) is 55.1 Å². The van der Waals surface area contributed by atoms with E-state index < -0.39 is 11.7 Å². The molecule has 0 aliphatic carbocycles. The van der Waals surface area contributed by atoms with E-state index in [1.807, 2.05) is 54.9 Å². The van der Waals surface area contributed by atoms with Crippen LogP contribution in [-0.4, -0.2) is 28.5 Å². The van der Waals surface area contributed by atoms with Crippen molar-refractivity contribution in [2.75, 3.05) is 18.4 Å². The quantitative estimate of drug-likeness (QED) is 0.284. The van der Waals surface area contributed by atoms with Gasteiger partial charge in [-0.15, -0.1) is 0 Å². The standard InChI is InChI=1S/C31H32F3N3O/c1-21(2)30(38)35-26-9-3-6-23(18-26)22-12-15-36(16-13-22)20-24-7-4-11-29-28(24)14-17-37(29)27-10-5-8-25(19-27)31(32,33)34/h3-11,14,17-19,21-22H,12-13,15-16,20H2,1-2H3,(H,35,38). The maximum Gasteiger partial charge on any atom is 0.416 e.